The highest BCUT2D eigenvalue weighted by molar-refractivity contribution is 5.89. The Labute approximate surface area is 225 Å². The zero-order valence-electron chi connectivity index (χ0n) is 22.5. The second-order valence-electron chi connectivity index (χ2n) is 9.09. The predicted molar refractivity (Wildman–Crippen MR) is 146 cm³/mol. The van der Waals surface area contributed by atoms with Crippen LogP contribution in [-0.4, -0.2) is 49.3 Å². The average Bonchev–Trinajstić information content (AvgIpc) is 2.90. The highest BCUT2D eigenvalue weighted by Gasteiger charge is 2.21. The zero-order valence-corrected chi connectivity index (χ0v) is 22.5. The van der Waals surface area contributed by atoms with E-state index in [0.717, 1.165) is 55.4 Å². The molecule has 0 radical (unpaired) electrons. The number of amides is 2. The number of unbranched alkanes of at least 4 members (excludes halogenated alkanes) is 4. The quantitative estimate of drug-likeness (QED) is 0.141. The number of nitrogens with one attached hydrogen (secondary N) is 1. The first-order valence-electron chi connectivity index (χ1n) is 13.4. The number of halogens is 2. The third-order valence-corrected chi connectivity index (χ3v) is 6.07. The number of benzene rings is 2. The number of hydrogen-bond donors (Lipinski definition) is 1. The fraction of sp³-hybridized carbons (Fsp3) is 0.467. The number of esters is 1. The van der Waals surface area contributed by atoms with Crippen molar-refractivity contribution in [2.75, 3.05) is 31.6 Å². The molecule has 1 unspecified atom stereocenters. The Bertz CT molecular complexity index is 1010. The maximum Gasteiger partial charge on any atom is 0.335 e. The minimum Gasteiger partial charge on any atom is -0.464 e. The van der Waals surface area contributed by atoms with Crippen LogP contribution in [0.25, 0.3) is 0 Å². The third-order valence-electron chi connectivity index (χ3n) is 6.07. The second kappa shape index (κ2) is 17.3. The maximum atomic E-state index is 14.1. The molecule has 0 heterocycles. The first kappa shape index (κ1) is 31.0. The first-order valence-corrected chi connectivity index (χ1v) is 13.4. The van der Waals surface area contributed by atoms with Crippen molar-refractivity contribution in [1.29, 1.82) is 0 Å². The molecule has 0 fully saturated rings. The fourth-order valence-corrected chi connectivity index (χ4v) is 3.96. The summed E-state index contributed by atoms with van der Waals surface area (Å²) in [7, 11) is 0. The molecule has 8 heteroatoms. The molecule has 1 N–H and O–H groups in total. The van der Waals surface area contributed by atoms with Gasteiger partial charge < -0.3 is 19.7 Å². The Morgan fingerprint density at radius 1 is 1.00 bits per heavy atom. The van der Waals surface area contributed by atoms with Crippen LogP contribution in [0, 0.1) is 11.6 Å². The molecule has 0 aliphatic heterocycles. The normalized spacial score (nSPS) is 11.6. The van der Waals surface area contributed by atoms with Crippen molar-refractivity contribution in [3.63, 3.8) is 0 Å². The highest BCUT2D eigenvalue weighted by atomic mass is 19.1. The van der Waals surface area contributed by atoms with Crippen molar-refractivity contribution in [1.82, 2.24) is 4.90 Å². The van der Waals surface area contributed by atoms with Gasteiger partial charge in [-0.3, -0.25) is 0 Å². The van der Waals surface area contributed by atoms with E-state index in [4.69, 9.17) is 9.47 Å². The van der Waals surface area contributed by atoms with Gasteiger partial charge in [-0.2, -0.15) is 0 Å². The number of rotatable bonds is 17. The Morgan fingerprint density at radius 3 is 2.37 bits per heavy atom. The predicted octanol–water partition coefficient (Wildman–Crippen LogP) is 6.69. The molecule has 0 bridgehead atoms. The van der Waals surface area contributed by atoms with E-state index in [9.17, 15) is 18.4 Å². The highest BCUT2D eigenvalue weighted by Crippen LogP contribution is 2.17. The Hall–Kier alpha value is -3.26. The fourth-order valence-electron chi connectivity index (χ4n) is 3.96. The van der Waals surface area contributed by atoms with Crippen molar-refractivity contribution in [3.8, 4) is 0 Å². The molecule has 208 valence electrons. The lowest BCUT2D eigenvalue weighted by atomic mass is 10.0. The van der Waals surface area contributed by atoms with Gasteiger partial charge in [0.05, 0.1) is 18.9 Å². The van der Waals surface area contributed by atoms with Gasteiger partial charge >= 0.3 is 12.0 Å². The van der Waals surface area contributed by atoms with E-state index < -0.39 is 29.7 Å². The molecule has 6 nitrogen and oxygen atoms in total. The topological polar surface area (TPSA) is 67.9 Å². The summed E-state index contributed by atoms with van der Waals surface area (Å²) in [5.41, 5.74) is 1.89. The van der Waals surface area contributed by atoms with E-state index in [1.165, 1.54) is 6.07 Å². The van der Waals surface area contributed by atoms with Gasteiger partial charge in [-0.15, -0.1) is 6.58 Å². The zero-order chi connectivity index (χ0) is 27.8. The Balaban J connectivity index is 2.01. The minimum absolute atomic E-state index is 0.0495. The number of nitrogens with zero attached hydrogens (tertiary/aromatic N) is 1. The van der Waals surface area contributed by atoms with Gasteiger partial charge in [0.1, 0.15) is 11.6 Å². The van der Waals surface area contributed by atoms with Gasteiger partial charge in [0, 0.05) is 25.6 Å². The maximum absolute atomic E-state index is 14.1. The lowest BCUT2D eigenvalue weighted by molar-refractivity contribution is -0.155. The summed E-state index contributed by atoms with van der Waals surface area (Å²) < 4.78 is 38.0. The molecule has 0 saturated heterocycles. The average molecular weight is 531 g/mol. The standard InChI is InChI=1S/C30H40F2N2O4/c1-4-7-8-9-10-18-34(30(36)33-27-16-15-25(31)22-26(27)32)19-17-23-11-13-24(14-12-23)21-28(38-20-5-2)29(35)37-6-3/h5,11-16,22,28H,2,4,6-10,17-21H2,1,3H3,(H,33,36). The largest absolute Gasteiger partial charge is 0.464 e. The van der Waals surface area contributed by atoms with Crippen molar-refractivity contribution in [2.45, 2.75) is 64.9 Å². The molecule has 2 aromatic carbocycles. The SMILES string of the molecule is C=CCOC(Cc1ccc(CCN(CCCCCCC)C(=O)Nc2ccc(F)cc2F)cc1)C(=O)OCC. The minimum atomic E-state index is -0.810. The number of urea groups is 1. The van der Waals surface area contributed by atoms with Crippen LogP contribution in [0.2, 0.25) is 0 Å². The van der Waals surface area contributed by atoms with Crippen LogP contribution in [0.3, 0.4) is 0 Å². The molecule has 2 aromatic rings. The summed E-state index contributed by atoms with van der Waals surface area (Å²) in [5.74, 6) is -1.91. The molecule has 0 saturated carbocycles. The van der Waals surface area contributed by atoms with Crippen LogP contribution < -0.4 is 5.32 Å². The monoisotopic (exact) mass is 530 g/mol. The molecular formula is C30H40F2N2O4. The summed E-state index contributed by atoms with van der Waals surface area (Å²) in [6.07, 6.45) is 7.09. The van der Waals surface area contributed by atoms with Crippen LogP contribution in [-0.2, 0) is 27.1 Å². The van der Waals surface area contributed by atoms with Gasteiger partial charge in [0.2, 0.25) is 0 Å². The Kier molecular flexibility index (Phi) is 14.1. The summed E-state index contributed by atoms with van der Waals surface area (Å²) >= 11 is 0. The molecule has 2 rings (SSSR count). The third kappa shape index (κ3) is 11.0. The van der Waals surface area contributed by atoms with E-state index in [1.807, 2.05) is 24.3 Å². The number of hydrogen-bond acceptors (Lipinski definition) is 4. The van der Waals surface area contributed by atoms with Crippen molar-refractivity contribution in [2.24, 2.45) is 0 Å². The summed E-state index contributed by atoms with van der Waals surface area (Å²) in [6, 6.07) is 10.5. The van der Waals surface area contributed by atoms with Crippen molar-refractivity contribution in [3.05, 3.63) is 77.9 Å². The van der Waals surface area contributed by atoms with Crippen LogP contribution in [0.1, 0.15) is 57.1 Å². The van der Waals surface area contributed by atoms with Gasteiger partial charge in [-0.05, 0) is 43.0 Å². The molecular weight excluding hydrogens is 490 g/mol. The first-order chi connectivity index (χ1) is 18.4. The molecule has 0 aliphatic carbocycles. The summed E-state index contributed by atoms with van der Waals surface area (Å²) in [5, 5.41) is 2.57. The van der Waals surface area contributed by atoms with Crippen molar-refractivity contribution >= 4 is 17.7 Å². The van der Waals surface area contributed by atoms with Crippen molar-refractivity contribution < 1.29 is 27.8 Å². The number of ether oxygens (including phenoxy) is 2. The number of carbonyl (C=O) groups is 2. The van der Waals surface area contributed by atoms with Crippen LogP contribution >= 0.6 is 0 Å². The molecule has 0 aliphatic rings. The van der Waals surface area contributed by atoms with E-state index in [0.29, 0.717) is 25.9 Å². The summed E-state index contributed by atoms with van der Waals surface area (Å²) in [4.78, 5) is 26.8. The molecule has 2 amide bonds. The second-order valence-corrected chi connectivity index (χ2v) is 9.09. The van der Waals surface area contributed by atoms with Crippen LogP contribution in [0.4, 0.5) is 19.3 Å². The van der Waals surface area contributed by atoms with E-state index >= 15 is 0 Å². The molecule has 1 atom stereocenters. The molecule has 0 spiro atoms. The smallest absolute Gasteiger partial charge is 0.335 e. The summed E-state index contributed by atoms with van der Waals surface area (Å²) in [6.45, 7) is 9.03. The van der Waals surface area contributed by atoms with Gasteiger partial charge in [0.25, 0.3) is 0 Å². The number of carbonyl (C=O) groups excluding carboxylic acids is 2. The molecule has 0 aromatic heterocycles. The van der Waals surface area contributed by atoms with Gasteiger partial charge in [-0.1, -0.05) is 62.9 Å². The van der Waals surface area contributed by atoms with E-state index in [2.05, 4.69) is 18.8 Å². The lowest BCUT2D eigenvalue weighted by Crippen LogP contribution is -2.37. The Morgan fingerprint density at radius 2 is 1.71 bits per heavy atom. The molecule has 38 heavy (non-hydrogen) atoms. The number of anilines is 1. The van der Waals surface area contributed by atoms with Crippen LogP contribution in [0.5, 0.6) is 0 Å². The van der Waals surface area contributed by atoms with Crippen LogP contribution in [0.15, 0.2) is 55.1 Å². The lowest BCUT2D eigenvalue weighted by Gasteiger charge is -2.23. The van der Waals surface area contributed by atoms with Gasteiger partial charge in [0.15, 0.2) is 6.10 Å². The van der Waals surface area contributed by atoms with Gasteiger partial charge in [-0.25, -0.2) is 18.4 Å². The van der Waals surface area contributed by atoms with E-state index in [-0.39, 0.29) is 18.9 Å². The van der Waals surface area contributed by atoms with E-state index in [1.54, 1.807) is 17.9 Å².